The van der Waals surface area contributed by atoms with Crippen molar-refractivity contribution in [2.45, 2.75) is 39.0 Å². The smallest absolute Gasteiger partial charge is 0.123 e. The van der Waals surface area contributed by atoms with Crippen LogP contribution in [0.5, 0.6) is 0 Å². The SMILES string of the molecule is CC(C)(N)N=NC(C)(C)N.Cl. The van der Waals surface area contributed by atoms with Crippen LogP contribution in [0, 0.1) is 0 Å². The Hall–Kier alpha value is -0.190. The maximum absolute atomic E-state index is 5.53. The molecule has 0 aliphatic carbocycles. The molecule has 0 saturated carbocycles. The zero-order chi connectivity index (χ0) is 8.41. The topological polar surface area (TPSA) is 76.8 Å². The van der Waals surface area contributed by atoms with E-state index in [1.807, 2.05) is 0 Å². The fourth-order valence-corrected chi connectivity index (χ4v) is 0.258. The van der Waals surface area contributed by atoms with E-state index in [0.717, 1.165) is 0 Å². The van der Waals surface area contributed by atoms with Gasteiger partial charge in [0.15, 0.2) is 0 Å². The quantitative estimate of drug-likeness (QED) is 0.628. The van der Waals surface area contributed by atoms with Crippen molar-refractivity contribution in [1.82, 2.24) is 0 Å². The maximum Gasteiger partial charge on any atom is 0.123 e. The number of hydrogen-bond acceptors (Lipinski definition) is 4. The van der Waals surface area contributed by atoms with E-state index in [4.69, 9.17) is 11.5 Å². The zero-order valence-electron chi connectivity index (χ0n) is 7.46. The number of halogens is 1. The third-order valence-electron chi connectivity index (χ3n) is 0.565. The van der Waals surface area contributed by atoms with Gasteiger partial charge >= 0.3 is 0 Å². The van der Waals surface area contributed by atoms with Crippen molar-refractivity contribution in [2.24, 2.45) is 21.7 Å². The van der Waals surface area contributed by atoms with Crippen molar-refractivity contribution in [1.29, 1.82) is 0 Å². The van der Waals surface area contributed by atoms with Gasteiger partial charge < -0.3 is 11.5 Å². The summed E-state index contributed by atoms with van der Waals surface area (Å²) in [5.74, 6) is 0. The minimum absolute atomic E-state index is 0. The average molecular weight is 181 g/mol. The number of azo groups is 1. The lowest BCUT2D eigenvalue weighted by Gasteiger charge is -2.15. The molecule has 5 heteroatoms. The zero-order valence-corrected chi connectivity index (χ0v) is 8.27. The molecule has 0 saturated heterocycles. The molecule has 0 bridgehead atoms. The molecule has 0 heterocycles. The molecule has 0 aromatic heterocycles. The van der Waals surface area contributed by atoms with Gasteiger partial charge in [0.2, 0.25) is 0 Å². The Kier molecular flexibility index (Phi) is 4.86. The van der Waals surface area contributed by atoms with E-state index in [-0.39, 0.29) is 12.4 Å². The van der Waals surface area contributed by atoms with Crippen molar-refractivity contribution in [3.8, 4) is 0 Å². The van der Waals surface area contributed by atoms with Crippen LogP contribution in [0.1, 0.15) is 27.7 Å². The molecule has 0 amide bonds. The fraction of sp³-hybridized carbons (Fsp3) is 1.00. The molecule has 0 unspecified atom stereocenters. The summed E-state index contributed by atoms with van der Waals surface area (Å²) in [6.07, 6.45) is 0. The standard InChI is InChI=1S/C6H16N4.ClH/c1-5(2,7)9-10-6(3,4)8;/h7-8H2,1-4H3;1H. The lowest BCUT2D eigenvalue weighted by molar-refractivity contribution is 0.438. The van der Waals surface area contributed by atoms with Crippen molar-refractivity contribution in [3.63, 3.8) is 0 Å². The van der Waals surface area contributed by atoms with E-state index in [1.54, 1.807) is 27.7 Å². The van der Waals surface area contributed by atoms with Gasteiger partial charge in [-0.05, 0) is 27.7 Å². The second-order valence-electron chi connectivity index (χ2n) is 3.51. The summed E-state index contributed by atoms with van der Waals surface area (Å²) < 4.78 is 0. The van der Waals surface area contributed by atoms with E-state index >= 15 is 0 Å². The Morgan fingerprint density at radius 2 is 1.00 bits per heavy atom. The van der Waals surface area contributed by atoms with Crippen LogP contribution in [0.4, 0.5) is 0 Å². The van der Waals surface area contributed by atoms with Crippen LogP contribution in [-0.2, 0) is 0 Å². The van der Waals surface area contributed by atoms with E-state index < -0.39 is 11.3 Å². The first kappa shape index (κ1) is 13.4. The number of nitrogens with two attached hydrogens (primary N) is 2. The number of rotatable bonds is 2. The third-order valence-corrected chi connectivity index (χ3v) is 0.565. The van der Waals surface area contributed by atoms with Crippen LogP contribution in [0.2, 0.25) is 0 Å². The average Bonchev–Trinajstić information content (AvgIpc) is 1.57. The molecule has 0 aliphatic rings. The molecular weight excluding hydrogens is 164 g/mol. The first-order valence-electron chi connectivity index (χ1n) is 3.22. The van der Waals surface area contributed by atoms with Crippen LogP contribution in [0.15, 0.2) is 10.2 Å². The normalized spacial score (nSPS) is 13.3. The first-order chi connectivity index (χ1) is 4.21. The van der Waals surface area contributed by atoms with Crippen molar-refractivity contribution in [2.75, 3.05) is 0 Å². The second kappa shape index (κ2) is 3.99. The van der Waals surface area contributed by atoms with Gasteiger partial charge in [-0.25, -0.2) is 0 Å². The fourth-order valence-electron chi connectivity index (χ4n) is 0.258. The van der Waals surface area contributed by atoms with E-state index in [9.17, 15) is 0 Å². The molecule has 0 atom stereocenters. The van der Waals surface area contributed by atoms with Gasteiger partial charge in [-0.1, -0.05) is 0 Å². The van der Waals surface area contributed by atoms with Gasteiger partial charge in [-0.15, -0.1) is 12.4 Å². The summed E-state index contributed by atoms with van der Waals surface area (Å²) in [6, 6.07) is 0. The Labute approximate surface area is 73.8 Å². The largest absolute Gasteiger partial charge is 0.306 e. The maximum atomic E-state index is 5.53. The lowest BCUT2D eigenvalue weighted by Crippen LogP contribution is -2.33. The predicted octanol–water partition coefficient (Wildman–Crippen LogP) is 1.25. The highest BCUT2D eigenvalue weighted by Gasteiger charge is 2.12. The molecule has 0 aliphatic heterocycles. The number of nitrogens with zero attached hydrogens (tertiary/aromatic N) is 2. The summed E-state index contributed by atoms with van der Waals surface area (Å²) >= 11 is 0. The van der Waals surface area contributed by atoms with Crippen LogP contribution in [0.25, 0.3) is 0 Å². The molecule has 0 aromatic carbocycles. The van der Waals surface area contributed by atoms with Crippen molar-refractivity contribution in [3.05, 3.63) is 0 Å². The summed E-state index contributed by atoms with van der Waals surface area (Å²) in [7, 11) is 0. The molecule has 0 spiro atoms. The summed E-state index contributed by atoms with van der Waals surface area (Å²) in [4.78, 5) is 0. The lowest BCUT2D eigenvalue weighted by atomic mass is 10.3. The van der Waals surface area contributed by atoms with E-state index in [1.165, 1.54) is 0 Å². The Morgan fingerprint density at radius 3 is 1.09 bits per heavy atom. The first-order valence-corrected chi connectivity index (χ1v) is 3.22. The van der Waals surface area contributed by atoms with Gasteiger partial charge in [0.05, 0.1) is 0 Å². The van der Waals surface area contributed by atoms with Gasteiger partial charge in [0.1, 0.15) is 11.3 Å². The molecule has 11 heavy (non-hydrogen) atoms. The molecule has 4 nitrogen and oxygen atoms in total. The van der Waals surface area contributed by atoms with E-state index in [2.05, 4.69) is 10.2 Å². The Morgan fingerprint density at radius 1 is 0.818 bits per heavy atom. The Balaban J connectivity index is 0. The minimum atomic E-state index is -0.614. The molecule has 0 aromatic rings. The predicted molar refractivity (Wildman–Crippen MR) is 48.6 cm³/mol. The van der Waals surface area contributed by atoms with Crippen LogP contribution >= 0.6 is 12.4 Å². The summed E-state index contributed by atoms with van der Waals surface area (Å²) in [6.45, 7) is 7.06. The highest BCUT2D eigenvalue weighted by molar-refractivity contribution is 5.85. The second-order valence-corrected chi connectivity index (χ2v) is 3.51. The molecular formula is C6H17ClN4. The van der Waals surface area contributed by atoms with Crippen molar-refractivity contribution >= 4 is 12.4 Å². The number of hydrogen-bond donors (Lipinski definition) is 2. The highest BCUT2D eigenvalue weighted by Crippen LogP contribution is 2.05. The van der Waals surface area contributed by atoms with Crippen LogP contribution in [-0.4, -0.2) is 11.3 Å². The molecule has 0 fully saturated rings. The highest BCUT2D eigenvalue weighted by atomic mass is 35.5. The molecule has 68 valence electrons. The van der Waals surface area contributed by atoms with Gasteiger partial charge in [-0.2, -0.15) is 10.2 Å². The van der Waals surface area contributed by atoms with Crippen LogP contribution in [0.3, 0.4) is 0 Å². The minimum Gasteiger partial charge on any atom is -0.306 e. The van der Waals surface area contributed by atoms with E-state index in [0.29, 0.717) is 0 Å². The van der Waals surface area contributed by atoms with Gasteiger partial charge in [-0.3, -0.25) is 0 Å². The Bertz CT molecular complexity index is 114. The summed E-state index contributed by atoms with van der Waals surface area (Å²) in [5.41, 5.74) is 9.82. The molecule has 0 radical (unpaired) electrons. The third kappa shape index (κ3) is 12.9. The molecule has 4 N–H and O–H groups in total. The monoisotopic (exact) mass is 180 g/mol. The van der Waals surface area contributed by atoms with Crippen LogP contribution < -0.4 is 11.5 Å². The molecule has 0 rings (SSSR count). The van der Waals surface area contributed by atoms with Gasteiger partial charge in [0, 0.05) is 0 Å². The summed E-state index contributed by atoms with van der Waals surface area (Å²) in [5, 5.41) is 7.61. The van der Waals surface area contributed by atoms with Crippen molar-refractivity contribution < 1.29 is 0 Å². The van der Waals surface area contributed by atoms with Gasteiger partial charge in [0.25, 0.3) is 0 Å².